The normalized spacial score (nSPS) is 14.1. The molecule has 0 bridgehead atoms. The molecule has 0 aliphatic carbocycles. The van der Waals surface area contributed by atoms with E-state index in [1.165, 1.54) is 19.4 Å². The number of carbonyl (C=O) groups is 4. The Morgan fingerprint density at radius 1 is 1.11 bits per heavy atom. The maximum absolute atomic E-state index is 12.9. The third-order valence-electron chi connectivity index (χ3n) is 4.89. The van der Waals surface area contributed by atoms with Gasteiger partial charge >= 0.3 is 5.97 Å². The summed E-state index contributed by atoms with van der Waals surface area (Å²) in [6.45, 7) is 1.65. The second-order valence-corrected chi connectivity index (χ2v) is 8.79. The molecule has 4 unspecified atom stereocenters. The molecule has 1 aromatic heterocycles. The molecule has 3 amide bonds. The van der Waals surface area contributed by atoms with Crippen LogP contribution >= 0.6 is 11.8 Å². The van der Waals surface area contributed by atoms with Crippen molar-refractivity contribution in [3.05, 3.63) is 18.2 Å². The lowest BCUT2D eigenvalue weighted by Crippen LogP contribution is -2.56. The van der Waals surface area contributed by atoms with Gasteiger partial charge in [-0.2, -0.15) is 11.8 Å². The number of carboxylic acid groups (broad SMARTS) is 1. The molecule has 0 aliphatic rings. The molecule has 1 rings (SSSR count). The van der Waals surface area contributed by atoms with Crippen LogP contribution in [-0.4, -0.2) is 87.4 Å². The molecule has 0 radical (unpaired) electrons. The third-order valence-corrected chi connectivity index (χ3v) is 5.54. The molecule has 4 atom stereocenters. The number of rotatable bonds is 16. The molecule has 0 saturated carbocycles. The van der Waals surface area contributed by atoms with Gasteiger partial charge in [-0.3, -0.25) is 19.4 Å². The fourth-order valence-corrected chi connectivity index (χ4v) is 3.41. The number of imidazole rings is 1. The largest absolute Gasteiger partial charge is 0.480 e. The maximum atomic E-state index is 12.9. The van der Waals surface area contributed by atoms with Crippen LogP contribution in [0.25, 0.3) is 0 Å². The zero-order chi connectivity index (χ0) is 26.4. The zero-order valence-corrected chi connectivity index (χ0v) is 20.6. The number of guanidine groups is 1. The lowest BCUT2D eigenvalue weighted by atomic mass is 10.1. The molecule has 0 spiro atoms. The van der Waals surface area contributed by atoms with Gasteiger partial charge in [0.05, 0.1) is 12.4 Å². The minimum Gasteiger partial charge on any atom is -0.480 e. The number of aliphatic imine (C=N–C) groups is 1. The van der Waals surface area contributed by atoms with Crippen molar-refractivity contribution < 1.29 is 24.3 Å². The van der Waals surface area contributed by atoms with Crippen LogP contribution in [0.5, 0.6) is 0 Å². The first kappa shape index (κ1) is 29.7. The van der Waals surface area contributed by atoms with Crippen molar-refractivity contribution in [1.29, 1.82) is 0 Å². The van der Waals surface area contributed by atoms with Gasteiger partial charge in [-0.25, -0.2) is 9.78 Å². The summed E-state index contributed by atoms with van der Waals surface area (Å²) >= 11 is 1.54. The molecule has 0 aromatic carbocycles. The number of thioether (sulfide) groups is 1. The Kier molecular flexibility index (Phi) is 13.2. The van der Waals surface area contributed by atoms with Crippen molar-refractivity contribution in [2.45, 2.75) is 56.8 Å². The molecule has 1 heterocycles. The van der Waals surface area contributed by atoms with Crippen LogP contribution in [0.1, 0.15) is 31.9 Å². The molecule has 0 saturated heterocycles. The van der Waals surface area contributed by atoms with Gasteiger partial charge in [0.1, 0.15) is 18.1 Å². The summed E-state index contributed by atoms with van der Waals surface area (Å²) in [6.07, 6.45) is 5.72. The summed E-state index contributed by atoms with van der Waals surface area (Å²) in [5.41, 5.74) is 17.0. The summed E-state index contributed by atoms with van der Waals surface area (Å²) in [5, 5.41) is 16.9. The van der Waals surface area contributed by atoms with E-state index < -0.39 is 47.9 Å². The molecule has 14 nitrogen and oxygen atoms in total. The van der Waals surface area contributed by atoms with Crippen LogP contribution in [0.3, 0.4) is 0 Å². The smallest absolute Gasteiger partial charge is 0.326 e. The molecule has 11 N–H and O–H groups in total. The number of nitrogens with two attached hydrogens (primary N) is 3. The SMILES string of the molecule is CSCCC(N)C(=O)NC(CCCN=C(N)N)C(=O)NC(C)C(=O)NC(Cc1cnc[nH]1)C(=O)O. The molecule has 35 heavy (non-hydrogen) atoms. The van der Waals surface area contributed by atoms with Crippen LogP contribution in [0.2, 0.25) is 0 Å². The monoisotopic (exact) mass is 513 g/mol. The van der Waals surface area contributed by atoms with Crippen LogP contribution < -0.4 is 33.2 Å². The van der Waals surface area contributed by atoms with E-state index in [1.807, 2.05) is 6.26 Å². The number of nitrogens with zero attached hydrogens (tertiary/aromatic N) is 2. The Labute approximate surface area is 207 Å². The summed E-state index contributed by atoms with van der Waals surface area (Å²) < 4.78 is 0. The second kappa shape index (κ2) is 15.5. The summed E-state index contributed by atoms with van der Waals surface area (Å²) in [5.74, 6) is -2.48. The van der Waals surface area contributed by atoms with Crippen LogP contribution in [0, 0.1) is 0 Å². The minimum absolute atomic E-state index is 0.0147. The number of aromatic amines is 1. The van der Waals surface area contributed by atoms with E-state index in [1.54, 1.807) is 11.8 Å². The topological polar surface area (TPSA) is 244 Å². The van der Waals surface area contributed by atoms with Crippen LogP contribution in [0.15, 0.2) is 17.5 Å². The quantitative estimate of drug-likeness (QED) is 0.0664. The molecule has 196 valence electrons. The second-order valence-electron chi connectivity index (χ2n) is 7.81. The van der Waals surface area contributed by atoms with Gasteiger partial charge in [-0.05, 0) is 38.2 Å². The lowest BCUT2D eigenvalue weighted by Gasteiger charge is -2.23. The number of amides is 3. The van der Waals surface area contributed by atoms with Gasteiger partial charge in [0.25, 0.3) is 0 Å². The predicted molar refractivity (Wildman–Crippen MR) is 132 cm³/mol. The minimum atomic E-state index is -1.24. The maximum Gasteiger partial charge on any atom is 0.326 e. The number of aliphatic carboxylic acids is 1. The first-order chi connectivity index (χ1) is 16.5. The van der Waals surface area contributed by atoms with Crippen molar-refractivity contribution in [3.8, 4) is 0 Å². The number of H-pyrrole nitrogens is 1. The molecule has 15 heteroatoms. The Morgan fingerprint density at radius 3 is 2.37 bits per heavy atom. The summed E-state index contributed by atoms with van der Waals surface area (Å²) in [4.78, 5) is 59.9. The number of hydrogen-bond acceptors (Lipinski definition) is 8. The molecular weight excluding hydrogens is 478 g/mol. The highest BCUT2D eigenvalue weighted by atomic mass is 32.2. The van der Waals surface area contributed by atoms with Crippen LogP contribution in [0.4, 0.5) is 0 Å². The Hall–Kier alpha value is -3.33. The van der Waals surface area contributed by atoms with E-state index in [2.05, 4.69) is 30.9 Å². The fourth-order valence-electron chi connectivity index (χ4n) is 2.92. The number of hydrogen-bond donors (Lipinski definition) is 8. The predicted octanol–water partition coefficient (Wildman–Crippen LogP) is -2.35. The average Bonchev–Trinajstić information content (AvgIpc) is 3.31. The van der Waals surface area contributed by atoms with Crippen molar-refractivity contribution >= 4 is 41.4 Å². The van der Waals surface area contributed by atoms with E-state index >= 15 is 0 Å². The van der Waals surface area contributed by atoms with Crippen LogP contribution in [-0.2, 0) is 25.6 Å². The van der Waals surface area contributed by atoms with E-state index in [0.717, 1.165) is 0 Å². The van der Waals surface area contributed by atoms with Gasteiger partial charge in [-0.15, -0.1) is 0 Å². The van der Waals surface area contributed by atoms with E-state index in [9.17, 15) is 24.3 Å². The van der Waals surface area contributed by atoms with Gasteiger partial charge in [-0.1, -0.05) is 0 Å². The zero-order valence-electron chi connectivity index (χ0n) is 19.8. The van der Waals surface area contributed by atoms with Crippen molar-refractivity contribution in [2.24, 2.45) is 22.2 Å². The highest BCUT2D eigenvalue weighted by Crippen LogP contribution is 2.04. The highest BCUT2D eigenvalue weighted by molar-refractivity contribution is 7.98. The first-order valence-corrected chi connectivity index (χ1v) is 12.4. The Balaban J connectivity index is 2.78. The average molecular weight is 514 g/mol. The third kappa shape index (κ3) is 11.6. The van der Waals surface area contributed by atoms with Gasteiger partial charge < -0.3 is 43.2 Å². The molecule has 1 aromatic rings. The highest BCUT2D eigenvalue weighted by Gasteiger charge is 2.28. The van der Waals surface area contributed by atoms with E-state index in [0.29, 0.717) is 24.3 Å². The van der Waals surface area contributed by atoms with E-state index in [-0.39, 0.29) is 25.3 Å². The molecular formula is C20H35N9O5S. The Bertz CT molecular complexity index is 861. The number of carbonyl (C=O) groups excluding carboxylic acids is 3. The molecule has 0 fully saturated rings. The number of carboxylic acids is 1. The Morgan fingerprint density at radius 2 is 1.80 bits per heavy atom. The van der Waals surface area contributed by atoms with Gasteiger partial charge in [0.15, 0.2) is 5.96 Å². The van der Waals surface area contributed by atoms with Gasteiger partial charge in [0.2, 0.25) is 17.7 Å². The lowest BCUT2D eigenvalue weighted by molar-refractivity contribution is -0.142. The number of aromatic nitrogens is 2. The van der Waals surface area contributed by atoms with Gasteiger partial charge in [0, 0.05) is 24.9 Å². The van der Waals surface area contributed by atoms with Crippen molar-refractivity contribution in [1.82, 2.24) is 25.9 Å². The standard InChI is InChI=1S/C20H35N9O5S/c1-11(16(30)29-15(19(33)34)8-12-9-24-10-26-12)27-18(32)14(4-3-6-25-20(22)23)28-17(31)13(21)5-7-35-2/h9-11,13-15H,3-8,21H2,1-2H3,(H,24,26)(H,27,32)(H,28,31)(H,29,30)(H,33,34)(H4,22,23,25). The number of nitrogens with one attached hydrogen (secondary N) is 4. The van der Waals surface area contributed by atoms with E-state index in [4.69, 9.17) is 17.2 Å². The first-order valence-electron chi connectivity index (χ1n) is 11.0. The summed E-state index contributed by atoms with van der Waals surface area (Å²) in [7, 11) is 0. The summed E-state index contributed by atoms with van der Waals surface area (Å²) in [6, 6.07) is -4.09. The molecule has 0 aliphatic heterocycles. The van der Waals surface area contributed by atoms with Crippen molar-refractivity contribution in [3.63, 3.8) is 0 Å². The van der Waals surface area contributed by atoms with Crippen molar-refractivity contribution in [2.75, 3.05) is 18.6 Å². The fraction of sp³-hybridized carbons (Fsp3) is 0.600.